The normalized spacial score (nSPS) is 25.2. The topological polar surface area (TPSA) is 43.8 Å². The average Bonchev–Trinajstić information content (AvgIpc) is 2.59. The molecule has 0 bridgehead atoms. The molecular formula is C12H21N3. The first-order chi connectivity index (χ1) is 6.99. The van der Waals surface area contributed by atoms with Crippen molar-refractivity contribution in [3.63, 3.8) is 0 Å². The third kappa shape index (κ3) is 2.40. The zero-order chi connectivity index (χ0) is 11.1. The van der Waals surface area contributed by atoms with Crippen LogP contribution >= 0.6 is 0 Å². The van der Waals surface area contributed by atoms with Crippen LogP contribution in [-0.2, 0) is 13.5 Å². The molecule has 0 spiro atoms. The molecule has 3 heteroatoms. The third-order valence-corrected chi connectivity index (χ3v) is 3.63. The maximum atomic E-state index is 6.18. The number of hydrogen-bond donors (Lipinski definition) is 1. The van der Waals surface area contributed by atoms with E-state index < -0.39 is 0 Å². The van der Waals surface area contributed by atoms with E-state index in [-0.39, 0.29) is 0 Å². The number of nitrogens with zero attached hydrogens (tertiary/aromatic N) is 2. The van der Waals surface area contributed by atoms with Crippen LogP contribution in [0, 0.1) is 11.3 Å². The highest BCUT2D eigenvalue weighted by Crippen LogP contribution is 2.53. The van der Waals surface area contributed by atoms with Gasteiger partial charge >= 0.3 is 0 Å². The number of aromatic nitrogens is 2. The lowest BCUT2D eigenvalue weighted by Gasteiger charge is -2.12. The molecule has 0 saturated heterocycles. The van der Waals surface area contributed by atoms with Gasteiger partial charge in [0.05, 0.1) is 6.20 Å². The molecule has 2 unspecified atom stereocenters. The summed E-state index contributed by atoms with van der Waals surface area (Å²) in [5.41, 5.74) is 7.97. The van der Waals surface area contributed by atoms with Crippen LogP contribution in [-0.4, -0.2) is 15.8 Å². The maximum Gasteiger partial charge on any atom is 0.0521 e. The molecule has 1 fully saturated rings. The number of aryl methyl sites for hydroxylation is 2. The fourth-order valence-corrected chi connectivity index (χ4v) is 2.37. The second-order valence-corrected chi connectivity index (χ2v) is 5.52. The molecule has 1 aliphatic carbocycles. The van der Waals surface area contributed by atoms with E-state index in [0.717, 1.165) is 18.8 Å². The highest BCUT2D eigenvalue weighted by molar-refractivity contribution is 5.06. The van der Waals surface area contributed by atoms with E-state index in [1.54, 1.807) is 0 Å². The second-order valence-electron chi connectivity index (χ2n) is 5.52. The van der Waals surface area contributed by atoms with Gasteiger partial charge in [-0.15, -0.1) is 0 Å². The first-order valence-corrected chi connectivity index (χ1v) is 5.72. The first-order valence-electron chi connectivity index (χ1n) is 5.72. The van der Waals surface area contributed by atoms with Crippen molar-refractivity contribution in [1.82, 2.24) is 9.78 Å². The molecule has 0 radical (unpaired) electrons. The molecule has 2 atom stereocenters. The number of hydrogen-bond acceptors (Lipinski definition) is 2. The molecule has 1 saturated carbocycles. The summed E-state index contributed by atoms with van der Waals surface area (Å²) in [6, 6.07) is 0.361. The van der Waals surface area contributed by atoms with Gasteiger partial charge in [-0.25, -0.2) is 0 Å². The molecule has 1 heterocycles. The van der Waals surface area contributed by atoms with Crippen LogP contribution in [0.4, 0.5) is 0 Å². The van der Waals surface area contributed by atoms with Crippen LogP contribution in [0.2, 0.25) is 0 Å². The molecule has 2 rings (SSSR count). The largest absolute Gasteiger partial charge is 0.327 e. The van der Waals surface area contributed by atoms with Crippen molar-refractivity contribution in [1.29, 1.82) is 0 Å². The summed E-state index contributed by atoms with van der Waals surface area (Å²) in [7, 11) is 1.95. The molecule has 3 nitrogen and oxygen atoms in total. The van der Waals surface area contributed by atoms with Gasteiger partial charge in [0.25, 0.3) is 0 Å². The van der Waals surface area contributed by atoms with Crippen LogP contribution in [0.25, 0.3) is 0 Å². The monoisotopic (exact) mass is 207 g/mol. The van der Waals surface area contributed by atoms with Gasteiger partial charge < -0.3 is 5.73 Å². The number of nitrogens with two attached hydrogens (primary N) is 1. The Morgan fingerprint density at radius 3 is 2.80 bits per heavy atom. The average molecular weight is 207 g/mol. The molecule has 2 N–H and O–H groups in total. The molecule has 0 aromatic carbocycles. The van der Waals surface area contributed by atoms with E-state index in [1.807, 2.05) is 17.9 Å². The second kappa shape index (κ2) is 3.63. The van der Waals surface area contributed by atoms with Gasteiger partial charge in [0.1, 0.15) is 0 Å². The van der Waals surface area contributed by atoms with Crippen molar-refractivity contribution in [3.8, 4) is 0 Å². The first kappa shape index (κ1) is 10.7. The molecule has 0 aliphatic heterocycles. The summed E-state index contributed by atoms with van der Waals surface area (Å²) in [5.74, 6) is 0.731. The standard InChI is InChI=1S/C12H21N3/c1-12(2)6-10(12)11(13)5-4-9-7-14-15(3)8-9/h7-8,10-11H,4-6,13H2,1-3H3. The molecule has 15 heavy (non-hydrogen) atoms. The Kier molecular flexibility index (Phi) is 2.59. The molecule has 0 amide bonds. The van der Waals surface area contributed by atoms with Crippen LogP contribution in [0.1, 0.15) is 32.3 Å². The summed E-state index contributed by atoms with van der Waals surface area (Å²) in [6.45, 7) is 4.61. The molecule has 1 aromatic rings. The van der Waals surface area contributed by atoms with Gasteiger partial charge in [0, 0.05) is 19.3 Å². The fraction of sp³-hybridized carbons (Fsp3) is 0.750. The smallest absolute Gasteiger partial charge is 0.0521 e. The molecular weight excluding hydrogens is 186 g/mol. The van der Waals surface area contributed by atoms with Crippen molar-refractivity contribution in [2.75, 3.05) is 0 Å². The summed E-state index contributed by atoms with van der Waals surface area (Å²) in [6.07, 6.45) is 7.44. The lowest BCUT2D eigenvalue weighted by Crippen LogP contribution is -2.25. The summed E-state index contributed by atoms with van der Waals surface area (Å²) in [4.78, 5) is 0. The van der Waals surface area contributed by atoms with E-state index >= 15 is 0 Å². The Morgan fingerprint density at radius 1 is 1.67 bits per heavy atom. The molecule has 1 aromatic heterocycles. The minimum Gasteiger partial charge on any atom is -0.327 e. The van der Waals surface area contributed by atoms with E-state index in [1.165, 1.54) is 12.0 Å². The Morgan fingerprint density at radius 2 is 2.33 bits per heavy atom. The van der Waals surface area contributed by atoms with E-state index in [2.05, 4.69) is 25.1 Å². The SMILES string of the molecule is Cn1cc(CCC(N)C2CC2(C)C)cn1. The minimum atomic E-state index is 0.361. The predicted octanol–water partition coefficient (Wildman–Crippen LogP) is 1.73. The Hall–Kier alpha value is -0.830. The lowest BCUT2D eigenvalue weighted by atomic mass is 9.99. The van der Waals surface area contributed by atoms with Crippen molar-refractivity contribution in [2.24, 2.45) is 24.1 Å². The zero-order valence-corrected chi connectivity index (χ0v) is 9.90. The van der Waals surface area contributed by atoms with Crippen molar-refractivity contribution < 1.29 is 0 Å². The summed E-state index contributed by atoms with van der Waals surface area (Å²) >= 11 is 0. The Balaban J connectivity index is 1.79. The number of rotatable bonds is 4. The summed E-state index contributed by atoms with van der Waals surface area (Å²) in [5, 5.41) is 4.16. The highest BCUT2D eigenvalue weighted by Gasteiger charge is 2.48. The van der Waals surface area contributed by atoms with E-state index in [9.17, 15) is 0 Å². The molecule has 84 valence electrons. The lowest BCUT2D eigenvalue weighted by molar-refractivity contribution is 0.458. The van der Waals surface area contributed by atoms with Crippen molar-refractivity contribution >= 4 is 0 Å². The molecule has 1 aliphatic rings. The van der Waals surface area contributed by atoms with Gasteiger partial charge in [-0.05, 0) is 36.2 Å². The maximum absolute atomic E-state index is 6.18. The summed E-state index contributed by atoms with van der Waals surface area (Å²) < 4.78 is 1.85. The third-order valence-electron chi connectivity index (χ3n) is 3.63. The van der Waals surface area contributed by atoms with E-state index in [0.29, 0.717) is 11.5 Å². The van der Waals surface area contributed by atoms with Crippen LogP contribution in [0.3, 0.4) is 0 Å². The Bertz CT molecular complexity index is 340. The van der Waals surface area contributed by atoms with Crippen LogP contribution < -0.4 is 5.73 Å². The quantitative estimate of drug-likeness (QED) is 0.817. The van der Waals surface area contributed by atoms with Gasteiger partial charge in [0.15, 0.2) is 0 Å². The van der Waals surface area contributed by atoms with Crippen LogP contribution in [0.5, 0.6) is 0 Å². The van der Waals surface area contributed by atoms with Crippen LogP contribution in [0.15, 0.2) is 12.4 Å². The van der Waals surface area contributed by atoms with Crippen molar-refractivity contribution in [3.05, 3.63) is 18.0 Å². The van der Waals surface area contributed by atoms with Gasteiger partial charge in [-0.3, -0.25) is 4.68 Å². The van der Waals surface area contributed by atoms with Gasteiger partial charge in [-0.1, -0.05) is 13.8 Å². The van der Waals surface area contributed by atoms with E-state index in [4.69, 9.17) is 5.73 Å². The van der Waals surface area contributed by atoms with Gasteiger partial charge in [0.2, 0.25) is 0 Å². The zero-order valence-electron chi connectivity index (χ0n) is 9.90. The highest BCUT2D eigenvalue weighted by atomic mass is 15.2. The Labute approximate surface area is 91.7 Å². The fourth-order valence-electron chi connectivity index (χ4n) is 2.37. The van der Waals surface area contributed by atoms with Crippen molar-refractivity contribution in [2.45, 2.75) is 39.2 Å². The minimum absolute atomic E-state index is 0.361. The predicted molar refractivity (Wildman–Crippen MR) is 61.4 cm³/mol. The van der Waals surface area contributed by atoms with Gasteiger partial charge in [-0.2, -0.15) is 5.10 Å².